The van der Waals surface area contributed by atoms with Gasteiger partial charge in [0.15, 0.2) is 0 Å². The Labute approximate surface area is 122 Å². The number of halogens is 2. The molecule has 0 saturated carbocycles. The third kappa shape index (κ3) is 3.39. The van der Waals surface area contributed by atoms with Gasteiger partial charge in [-0.05, 0) is 12.1 Å². The van der Waals surface area contributed by atoms with Crippen LogP contribution >= 0.6 is 23.2 Å². The summed E-state index contributed by atoms with van der Waals surface area (Å²) < 4.78 is 0. The molecule has 104 valence electrons. The topological polar surface area (TPSA) is 43.8 Å². The molecule has 0 aliphatic carbocycles. The second kappa shape index (κ2) is 6.57. The molecule has 0 spiro atoms. The second-order valence-corrected chi connectivity index (χ2v) is 5.27. The van der Waals surface area contributed by atoms with Crippen LogP contribution in [0.2, 0.25) is 10.0 Å². The molecule has 0 bridgehead atoms. The number of amides is 1. The standard InChI is InChI=1S/C13H16Cl2N2O2/c14-10-2-1-3-11(15)12(10)13(19)17-6-4-16(5-7-17)8-9-18/h1-3,18H,4-9H2. The van der Waals surface area contributed by atoms with Gasteiger partial charge in [-0.2, -0.15) is 0 Å². The lowest BCUT2D eigenvalue weighted by Gasteiger charge is -2.34. The molecule has 4 nitrogen and oxygen atoms in total. The molecule has 19 heavy (non-hydrogen) atoms. The average Bonchev–Trinajstić information content (AvgIpc) is 2.39. The quantitative estimate of drug-likeness (QED) is 0.925. The van der Waals surface area contributed by atoms with E-state index in [2.05, 4.69) is 4.90 Å². The highest BCUT2D eigenvalue weighted by Crippen LogP contribution is 2.26. The van der Waals surface area contributed by atoms with Gasteiger partial charge in [-0.15, -0.1) is 0 Å². The summed E-state index contributed by atoms with van der Waals surface area (Å²) in [5.74, 6) is -0.126. The van der Waals surface area contributed by atoms with Gasteiger partial charge in [0, 0.05) is 32.7 Å². The van der Waals surface area contributed by atoms with E-state index >= 15 is 0 Å². The molecule has 1 aromatic rings. The highest BCUT2D eigenvalue weighted by atomic mass is 35.5. The summed E-state index contributed by atoms with van der Waals surface area (Å²) in [5.41, 5.74) is 0.376. The molecule has 1 aliphatic heterocycles. The van der Waals surface area contributed by atoms with Crippen LogP contribution in [0, 0.1) is 0 Å². The molecule has 0 aromatic heterocycles. The van der Waals surface area contributed by atoms with Crippen LogP contribution < -0.4 is 0 Å². The normalized spacial score (nSPS) is 16.7. The Kier molecular flexibility index (Phi) is 5.05. The highest BCUT2D eigenvalue weighted by molar-refractivity contribution is 6.39. The smallest absolute Gasteiger partial charge is 0.256 e. The Morgan fingerprint density at radius 1 is 1.16 bits per heavy atom. The van der Waals surface area contributed by atoms with E-state index < -0.39 is 0 Å². The fourth-order valence-electron chi connectivity index (χ4n) is 2.18. The van der Waals surface area contributed by atoms with Gasteiger partial charge < -0.3 is 10.0 Å². The van der Waals surface area contributed by atoms with E-state index in [1.165, 1.54) is 0 Å². The maximum Gasteiger partial charge on any atom is 0.256 e. The van der Waals surface area contributed by atoms with Crippen molar-refractivity contribution in [3.05, 3.63) is 33.8 Å². The van der Waals surface area contributed by atoms with E-state index in [9.17, 15) is 4.79 Å². The first-order chi connectivity index (χ1) is 9.13. The number of hydrogen-bond acceptors (Lipinski definition) is 3. The van der Waals surface area contributed by atoms with E-state index in [0.29, 0.717) is 35.2 Å². The fraction of sp³-hybridized carbons (Fsp3) is 0.462. The van der Waals surface area contributed by atoms with Crippen LogP contribution in [0.4, 0.5) is 0 Å². The molecule has 1 heterocycles. The maximum atomic E-state index is 12.4. The molecule has 0 unspecified atom stereocenters. The zero-order valence-corrected chi connectivity index (χ0v) is 12.0. The van der Waals surface area contributed by atoms with Crippen molar-refractivity contribution in [3.8, 4) is 0 Å². The van der Waals surface area contributed by atoms with Crippen LogP contribution in [0.1, 0.15) is 10.4 Å². The Balaban J connectivity index is 2.05. The van der Waals surface area contributed by atoms with Crippen LogP contribution in [0.3, 0.4) is 0 Å². The van der Waals surface area contributed by atoms with E-state index in [1.54, 1.807) is 23.1 Å². The Morgan fingerprint density at radius 2 is 1.74 bits per heavy atom. The lowest BCUT2D eigenvalue weighted by Crippen LogP contribution is -2.49. The van der Waals surface area contributed by atoms with Crippen LogP contribution in [0.15, 0.2) is 18.2 Å². The number of benzene rings is 1. The summed E-state index contributed by atoms with van der Waals surface area (Å²) in [6, 6.07) is 5.06. The first kappa shape index (κ1) is 14.6. The van der Waals surface area contributed by atoms with Crippen LogP contribution in [-0.4, -0.2) is 60.1 Å². The Hall–Kier alpha value is -0.810. The minimum absolute atomic E-state index is 0.126. The predicted octanol–water partition coefficient (Wildman–Crippen LogP) is 1.74. The van der Waals surface area contributed by atoms with Gasteiger partial charge in [-0.3, -0.25) is 9.69 Å². The van der Waals surface area contributed by atoms with Gasteiger partial charge in [-0.25, -0.2) is 0 Å². The SMILES string of the molecule is O=C(c1c(Cl)cccc1Cl)N1CCN(CCO)CC1. The molecule has 1 fully saturated rings. The van der Waals surface area contributed by atoms with Gasteiger partial charge in [0.1, 0.15) is 0 Å². The number of aliphatic hydroxyl groups excluding tert-OH is 1. The number of piperazine rings is 1. The molecule has 2 rings (SSSR count). The van der Waals surface area contributed by atoms with Gasteiger partial charge in [0.05, 0.1) is 22.2 Å². The number of aliphatic hydroxyl groups is 1. The predicted molar refractivity (Wildman–Crippen MR) is 75.9 cm³/mol. The Bertz CT molecular complexity index is 440. The molecular formula is C13H16Cl2N2O2. The van der Waals surface area contributed by atoms with Crippen molar-refractivity contribution in [1.29, 1.82) is 0 Å². The lowest BCUT2D eigenvalue weighted by molar-refractivity contribution is 0.0615. The summed E-state index contributed by atoms with van der Waals surface area (Å²) in [7, 11) is 0. The van der Waals surface area contributed by atoms with E-state index in [4.69, 9.17) is 28.3 Å². The van der Waals surface area contributed by atoms with Crippen molar-refractivity contribution in [2.45, 2.75) is 0 Å². The van der Waals surface area contributed by atoms with Gasteiger partial charge in [0.25, 0.3) is 5.91 Å². The summed E-state index contributed by atoms with van der Waals surface area (Å²) >= 11 is 12.1. The van der Waals surface area contributed by atoms with E-state index in [1.807, 2.05) is 0 Å². The zero-order valence-electron chi connectivity index (χ0n) is 10.5. The number of hydrogen-bond donors (Lipinski definition) is 1. The summed E-state index contributed by atoms with van der Waals surface area (Å²) in [6.07, 6.45) is 0. The van der Waals surface area contributed by atoms with E-state index in [-0.39, 0.29) is 12.5 Å². The third-order valence-corrected chi connectivity index (χ3v) is 3.88. The molecule has 6 heteroatoms. The van der Waals surface area contributed by atoms with Crippen molar-refractivity contribution >= 4 is 29.1 Å². The average molecular weight is 303 g/mol. The zero-order chi connectivity index (χ0) is 13.8. The number of carbonyl (C=O) groups excluding carboxylic acids is 1. The molecule has 0 radical (unpaired) electrons. The first-order valence-electron chi connectivity index (χ1n) is 6.20. The molecule has 1 saturated heterocycles. The second-order valence-electron chi connectivity index (χ2n) is 4.45. The van der Waals surface area contributed by atoms with Crippen molar-refractivity contribution in [1.82, 2.24) is 9.80 Å². The van der Waals surface area contributed by atoms with Crippen molar-refractivity contribution < 1.29 is 9.90 Å². The fourth-order valence-corrected chi connectivity index (χ4v) is 2.74. The van der Waals surface area contributed by atoms with Crippen LogP contribution in [-0.2, 0) is 0 Å². The molecule has 1 amide bonds. The largest absolute Gasteiger partial charge is 0.395 e. The molecule has 0 atom stereocenters. The first-order valence-corrected chi connectivity index (χ1v) is 6.95. The molecule has 1 N–H and O–H groups in total. The summed E-state index contributed by atoms with van der Waals surface area (Å²) in [4.78, 5) is 16.3. The van der Waals surface area contributed by atoms with Crippen molar-refractivity contribution in [2.24, 2.45) is 0 Å². The minimum Gasteiger partial charge on any atom is -0.395 e. The van der Waals surface area contributed by atoms with Gasteiger partial charge in [-0.1, -0.05) is 29.3 Å². The third-order valence-electron chi connectivity index (χ3n) is 3.25. The van der Waals surface area contributed by atoms with Crippen LogP contribution in [0.5, 0.6) is 0 Å². The number of nitrogens with zero attached hydrogens (tertiary/aromatic N) is 2. The number of β-amino-alcohol motifs (C(OH)–C–C–N with tert-alkyl or cyclic N) is 1. The Morgan fingerprint density at radius 3 is 2.26 bits per heavy atom. The van der Waals surface area contributed by atoms with Crippen molar-refractivity contribution in [3.63, 3.8) is 0 Å². The van der Waals surface area contributed by atoms with Gasteiger partial charge >= 0.3 is 0 Å². The highest BCUT2D eigenvalue weighted by Gasteiger charge is 2.24. The summed E-state index contributed by atoms with van der Waals surface area (Å²) in [6.45, 7) is 3.56. The number of rotatable bonds is 3. The monoisotopic (exact) mass is 302 g/mol. The summed E-state index contributed by atoms with van der Waals surface area (Å²) in [5, 5.41) is 9.66. The lowest BCUT2D eigenvalue weighted by atomic mass is 10.1. The van der Waals surface area contributed by atoms with E-state index in [0.717, 1.165) is 13.1 Å². The number of carbonyl (C=O) groups is 1. The minimum atomic E-state index is -0.126. The van der Waals surface area contributed by atoms with Gasteiger partial charge in [0.2, 0.25) is 0 Å². The molecule has 1 aliphatic rings. The van der Waals surface area contributed by atoms with Crippen LogP contribution in [0.25, 0.3) is 0 Å². The van der Waals surface area contributed by atoms with Crippen molar-refractivity contribution in [2.75, 3.05) is 39.3 Å². The molecule has 1 aromatic carbocycles. The molecular weight excluding hydrogens is 287 g/mol. The maximum absolute atomic E-state index is 12.4.